The average Bonchev–Trinajstić information content (AvgIpc) is 3.61. The van der Waals surface area contributed by atoms with Crippen molar-refractivity contribution < 1.29 is 5.11 Å². The van der Waals surface area contributed by atoms with Gasteiger partial charge in [-0.3, -0.25) is 9.80 Å². The smallest absolute Gasteiger partial charge is 0.164 e. The van der Waals surface area contributed by atoms with E-state index in [1.54, 1.807) is 0 Å². The second kappa shape index (κ2) is 11.6. The van der Waals surface area contributed by atoms with Crippen LogP contribution in [0.3, 0.4) is 0 Å². The summed E-state index contributed by atoms with van der Waals surface area (Å²) in [7, 11) is 0. The van der Waals surface area contributed by atoms with Gasteiger partial charge >= 0.3 is 0 Å². The van der Waals surface area contributed by atoms with E-state index < -0.39 is 0 Å². The summed E-state index contributed by atoms with van der Waals surface area (Å²) < 4.78 is 2.10. The Morgan fingerprint density at radius 2 is 1.76 bits per heavy atom. The Hall–Kier alpha value is -3.57. The van der Waals surface area contributed by atoms with Gasteiger partial charge in [0.2, 0.25) is 0 Å². The van der Waals surface area contributed by atoms with E-state index in [9.17, 15) is 5.11 Å². The van der Waals surface area contributed by atoms with E-state index in [0.29, 0.717) is 18.3 Å². The number of aromatic amines is 1. The fourth-order valence-corrected chi connectivity index (χ4v) is 6.93. The third-order valence-corrected chi connectivity index (χ3v) is 9.36. The van der Waals surface area contributed by atoms with Crippen molar-refractivity contribution >= 4 is 39.5 Å². The highest BCUT2D eigenvalue weighted by Crippen LogP contribution is 2.37. The zero-order valence-electron chi connectivity index (χ0n) is 23.6. The Balaban J connectivity index is 1.13. The molecule has 2 fully saturated rings. The molecule has 2 aliphatic rings. The van der Waals surface area contributed by atoms with E-state index in [4.69, 9.17) is 27.4 Å². The standard InChI is InChI=1S/C31H36ClN9O/c32-24-4-2-1-3-20(24)18-27-36-25-10-5-21(17-26(25)37-27)29-28-30(33)34-19-35-31(28)41(38-29)23-8-6-22(7-9-23)40-13-11-39(12-14-40)15-16-42/h1-5,10,17,19,22-23,42H,6-9,11-16,18H2,(H,36,37)(H2,33,34,35). The zero-order valence-corrected chi connectivity index (χ0v) is 24.3. The largest absolute Gasteiger partial charge is 0.395 e. The third kappa shape index (κ3) is 5.24. The molecule has 1 aliphatic heterocycles. The van der Waals surface area contributed by atoms with Crippen molar-refractivity contribution in [1.29, 1.82) is 0 Å². The Morgan fingerprint density at radius 3 is 2.55 bits per heavy atom. The predicted molar refractivity (Wildman–Crippen MR) is 165 cm³/mol. The lowest BCUT2D eigenvalue weighted by atomic mass is 9.90. The Bertz CT molecular complexity index is 1700. The second-order valence-corrected chi connectivity index (χ2v) is 11.9. The van der Waals surface area contributed by atoms with Gasteiger partial charge in [0.15, 0.2) is 5.65 Å². The van der Waals surface area contributed by atoms with E-state index in [-0.39, 0.29) is 12.6 Å². The first-order chi connectivity index (χ1) is 20.6. The molecule has 218 valence electrons. The lowest BCUT2D eigenvalue weighted by Gasteiger charge is -2.41. The van der Waals surface area contributed by atoms with Crippen LogP contribution < -0.4 is 5.73 Å². The number of halogens is 1. The molecule has 1 saturated carbocycles. The van der Waals surface area contributed by atoms with Gasteiger partial charge < -0.3 is 15.8 Å². The van der Waals surface area contributed by atoms with Crippen LogP contribution in [-0.2, 0) is 6.42 Å². The molecular formula is C31H36ClN9O. The molecule has 0 radical (unpaired) electrons. The fraction of sp³-hybridized carbons (Fsp3) is 0.419. The molecule has 0 amide bonds. The quantitative estimate of drug-likeness (QED) is 0.258. The number of H-pyrrole nitrogens is 1. The number of nitrogens with two attached hydrogens (primary N) is 1. The van der Waals surface area contributed by atoms with E-state index >= 15 is 0 Å². The highest BCUT2D eigenvalue weighted by Gasteiger charge is 2.31. The van der Waals surface area contributed by atoms with E-state index in [1.807, 2.05) is 36.4 Å². The normalized spacial score (nSPS) is 20.5. The Morgan fingerprint density at radius 1 is 0.976 bits per heavy atom. The number of anilines is 1. The number of aliphatic hydroxyl groups excluding tert-OH is 1. The van der Waals surface area contributed by atoms with Crippen molar-refractivity contribution in [1.82, 2.24) is 39.5 Å². The summed E-state index contributed by atoms with van der Waals surface area (Å²) in [6, 6.07) is 14.9. The maximum atomic E-state index is 9.25. The van der Waals surface area contributed by atoms with Crippen molar-refractivity contribution in [3.05, 3.63) is 65.2 Å². The molecule has 0 spiro atoms. The van der Waals surface area contributed by atoms with Crippen LogP contribution in [-0.4, -0.2) is 90.0 Å². The molecule has 1 aliphatic carbocycles. The topological polar surface area (TPSA) is 125 Å². The summed E-state index contributed by atoms with van der Waals surface area (Å²) in [6.45, 7) is 5.23. The number of nitrogens with one attached hydrogen (secondary N) is 1. The molecule has 4 heterocycles. The van der Waals surface area contributed by atoms with Crippen LogP contribution >= 0.6 is 11.6 Å². The minimum Gasteiger partial charge on any atom is -0.395 e. The number of hydrogen-bond donors (Lipinski definition) is 3. The van der Waals surface area contributed by atoms with Crippen LogP contribution in [0.5, 0.6) is 0 Å². The number of β-amino-alcohol motifs (C(OH)–C–C–N with tert-alkyl or cyclic N) is 1. The Kier molecular flexibility index (Phi) is 7.54. The maximum absolute atomic E-state index is 9.25. The lowest BCUT2D eigenvalue weighted by Crippen LogP contribution is -2.51. The minimum absolute atomic E-state index is 0.235. The molecule has 2 aromatic carbocycles. The van der Waals surface area contributed by atoms with Crippen LogP contribution in [0.25, 0.3) is 33.3 Å². The third-order valence-electron chi connectivity index (χ3n) is 8.99. The van der Waals surface area contributed by atoms with E-state index in [1.165, 1.54) is 6.33 Å². The highest BCUT2D eigenvalue weighted by molar-refractivity contribution is 6.31. The second-order valence-electron chi connectivity index (χ2n) is 11.5. The van der Waals surface area contributed by atoms with Gasteiger partial charge in [-0.15, -0.1) is 0 Å². The molecule has 11 heteroatoms. The molecule has 5 aromatic rings. The van der Waals surface area contributed by atoms with Crippen molar-refractivity contribution in [2.45, 2.75) is 44.2 Å². The first kappa shape index (κ1) is 27.3. The van der Waals surface area contributed by atoms with Gasteiger partial charge in [0.1, 0.15) is 23.7 Å². The first-order valence-electron chi connectivity index (χ1n) is 14.9. The SMILES string of the molecule is Nc1ncnc2c1c(-c1ccc3nc(Cc4ccccc4Cl)[nH]c3c1)nn2C1CCC(N2CCN(CCO)CC2)CC1. The summed E-state index contributed by atoms with van der Waals surface area (Å²) in [5.74, 6) is 1.31. The number of benzene rings is 2. The van der Waals surface area contributed by atoms with Crippen molar-refractivity contribution in [2.24, 2.45) is 0 Å². The average molecular weight is 586 g/mol. The summed E-state index contributed by atoms with van der Waals surface area (Å²) in [5, 5.41) is 15.9. The molecule has 4 N–H and O–H groups in total. The van der Waals surface area contributed by atoms with Gasteiger partial charge in [-0.25, -0.2) is 19.6 Å². The van der Waals surface area contributed by atoms with Crippen LogP contribution in [0.4, 0.5) is 5.82 Å². The number of piperazine rings is 1. The number of fused-ring (bicyclic) bond motifs is 2. The number of nitrogen functional groups attached to an aromatic ring is 1. The molecule has 3 aromatic heterocycles. The summed E-state index contributed by atoms with van der Waals surface area (Å²) in [5.41, 5.74) is 11.9. The van der Waals surface area contributed by atoms with Crippen LogP contribution in [0.1, 0.15) is 43.1 Å². The first-order valence-corrected chi connectivity index (χ1v) is 15.2. The number of aliphatic hydroxyl groups is 1. The molecule has 7 rings (SSSR count). The minimum atomic E-state index is 0.235. The van der Waals surface area contributed by atoms with Gasteiger partial charge in [-0.05, 0) is 49.4 Å². The summed E-state index contributed by atoms with van der Waals surface area (Å²) in [4.78, 5) is 22.2. The predicted octanol–water partition coefficient (Wildman–Crippen LogP) is 4.29. The molecule has 0 atom stereocenters. The van der Waals surface area contributed by atoms with Crippen LogP contribution in [0.15, 0.2) is 48.8 Å². The van der Waals surface area contributed by atoms with Gasteiger partial charge in [0.25, 0.3) is 0 Å². The lowest BCUT2D eigenvalue weighted by molar-refractivity contribution is 0.0629. The van der Waals surface area contributed by atoms with Crippen molar-refractivity contribution in [2.75, 3.05) is 45.1 Å². The monoisotopic (exact) mass is 585 g/mol. The molecular weight excluding hydrogens is 550 g/mol. The molecule has 1 saturated heterocycles. The summed E-state index contributed by atoms with van der Waals surface area (Å²) in [6.07, 6.45) is 6.53. The van der Waals surface area contributed by atoms with E-state index in [2.05, 4.69) is 35.5 Å². The number of nitrogens with zero attached hydrogens (tertiary/aromatic N) is 7. The van der Waals surface area contributed by atoms with Crippen molar-refractivity contribution in [3.63, 3.8) is 0 Å². The maximum Gasteiger partial charge on any atom is 0.164 e. The molecule has 0 unspecified atom stereocenters. The molecule has 42 heavy (non-hydrogen) atoms. The summed E-state index contributed by atoms with van der Waals surface area (Å²) >= 11 is 6.39. The van der Waals surface area contributed by atoms with Crippen LogP contribution in [0.2, 0.25) is 5.02 Å². The van der Waals surface area contributed by atoms with Gasteiger partial charge in [0.05, 0.1) is 29.1 Å². The van der Waals surface area contributed by atoms with Gasteiger partial charge in [-0.2, -0.15) is 5.10 Å². The van der Waals surface area contributed by atoms with Gasteiger partial charge in [-0.1, -0.05) is 35.9 Å². The number of hydrogen-bond acceptors (Lipinski definition) is 8. The van der Waals surface area contributed by atoms with E-state index in [0.717, 1.165) is 108 Å². The van der Waals surface area contributed by atoms with Crippen LogP contribution in [0, 0.1) is 0 Å². The number of rotatable bonds is 7. The zero-order chi connectivity index (χ0) is 28.6. The van der Waals surface area contributed by atoms with Crippen molar-refractivity contribution in [3.8, 4) is 11.3 Å². The molecule has 0 bridgehead atoms. The fourth-order valence-electron chi connectivity index (χ4n) is 6.73. The molecule has 10 nitrogen and oxygen atoms in total. The van der Waals surface area contributed by atoms with Gasteiger partial charge in [0, 0.05) is 55.8 Å². The number of aromatic nitrogens is 6. The Labute approximate surface area is 249 Å². The number of imidazole rings is 1. The highest BCUT2D eigenvalue weighted by atomic mass is 35.5.